The molecule has 57 heavy (non-hydrogen) atoms. The third kappa shape index (κ3) is 38.9. The fourth-order valence-electron chi connectivity index (χ4n) is 7.41. The first-order valence-electron chi connectivity index (χ1n) is 24.3. The summed E-state index contributed by atoms with van der Waals surface area (Å²) in [6.45, 7) is 11.0. The lowest BCUT2D eigenvalue weighted by atomic mass is 10.0. The summed E-state index contributed by atoms with van der Waals surface area (Å²) in [4.78, 5) is 33.2. The van der Waals surface area contributed by atoms with Gasteiger partial charge in [-0.25, -0.2) is 0 Å². The SMILES string of the molecule is CCCCCCCCCOC(=O)CCCCCCCN(CCCCCCCC(=O)OC(CCCCCCCC)CCCCCCCC)CCN/C(=N/C#N)N(C)C. The summed E-state index contributed by atoms with van der Waals surface area (Å²) in [6.07, 6.45) is 39.8. The van der Waals surface area contributed by atoms with Gasteiger partial charge in [-0.05, 0) is 70.9 Å². The molecule has 0 unspecified atom stereocenters. The van der Waals surface area contributed by atoms with Crippen molar-refractivity contribution in [2.45, 2.75) is 239 Å². The minimum Gasteiger partial charge on any atom is -0.466 e. The first-order valence-corrected chi connectivity index (χ1v) is 24.3. The number of aliphatic imine (C=N–C) groups is 1. The average Bonchev–Trinajstić information content (AvgIpc) is 3.19. The Morgan fingerprint density at radius 3 is 1.46 bits per heavy atom. The van der Waals surface area contributed by atoms with Gasteiger partial charge in [-0.2, -0.15) is 5.26 Å². The Kier molecular flexibility index (Phi) is 41.5. The number of nitrogens with zero attached hydrogens (tertiary/aromatic N) is 4. The molecule has 0 aromatic rings. The van der Waals surface area contributed by atoms with Gasteiger partial charge < -0.3 is 24.6 Å². The van der Waals surface area contributed by atoms with Crippen LogP contribution in [0.15, 0.2) is 4.99 Å². The zero-order valence-electron chi connectivity index (χ0n) is 38.4. The van der Waals surface area contributed by atoms with E-state index in [1.165, 1.54) is 109 Å². The van der Waals surface area contributed by atoms with Crippen molar-refractivity contribution in [3.8, 4) is 6.19 Å². The highest BCUT2D eigenvalue weighted by Crippen LogP contribution is 2.18. The van der Waals surface area contributed by atoms with Gasteiger partial charge in [0.25, 0.3) is 0 Å². The lowest BCUT2D eigenvalue weighted by molar-refractivity contribution is -0.150. The van der Waals surface area contributed by atoms with E-state index in [0.29, 0.717) is 25.4 Å². The molecule has 334 valence electrons. The minimum atomic E-state index is -0.0390. The van der Waals surface area contributed by atoms with Crippen LogP contribution < -0.4 is 5.32 Å². The smallest absolute Gasteiger partial charge is 0.306 e. The standard InChI is InChI=1S/C48H93N5O4/c1-6-9-12-15-18-27-34-43-56-46(54)37-30-23-19-25-32-40-53(42-39-50-48(51-44-49)52(4)5)41-33-26-20-24-31-38-47(55)57-45(35-28-21-16-13-10-7-2)36-29-22-17-14-11-8-3/h45H,6-43H2,1-5H3,(H,50,51). The number of nitrogens with one attached hydrogen (secondary N) is 1. The molecule has 1 N–H and O–H groups in total. The van der Waals surface area contributed by atoms with Gasteiger partial charge >= 0.3 is 11.9 Å². The number of hydrogen-bond donors (Lipinski definition) is 1. The molecule has 0 atom stereocenters. The summed E-state index contributed by atoms with van der Waals surface area (Å²) in [6, 6.07) is 0. The number of guanidine groups is 1. The van der Waals surface area contributed by atoms with Gasteiger partial charge in [-0.15, -0.1) is 4.99 Å². The van der Waals surface area contributed by atoms with Gasteiger partial charge in [-0.3, -0.25) is 9.59 Å². The van der Waals surface area contributed by atoms with Crippen LogP contribution >= 0.6 is 0 Å². The monoisotopic (exact) mass is 804 g/mol. The molecule has 9 nitrogen and oxygen atoms in total. The Labute approximate surface area is 353 Å². The van der Waals surface area contributed by atoms with E-state index in [0.717, 1.165) is 116 Å². The maximum Gasteiger partial charge on any atom is 0.306 e. The molecular formula is C48H93N5O4. The quantitative estimate of drug-likeness (QED) is 0.0214. The highest BCUT2D eigenvalue weighted by Gasteiger charge is 2.15. The van der Waals surface area contributed by atoms with Crippen molar-refractivity contribution in [3.63, 3.8) is 0 Å². The largest absolute Gasteiger partial charge is 0.466 e. The van der Waals surface area contributed by atoms with Crippen LogP contribution in [0.1, 0.15) is 233 Å². The highest BCUT2D eigenvalue weighted by atomic mass is 16.5. The van der Waals surface area contributed by atoms with Crippen LogP contribution in [0.5, 0.6) is 0 Å². The number of carbonyl (C=O) groups excluding carboxylic acids is 2. The average molecular weight is 804 g/mol. The molecule has 0 saturated carbocycles. The fraction of sp³-hybridized carbons (Fsp3) is 0.917. The number of hydrogen-bond acceptors (Lipinski definition) is 7. The minimum absolute atomic E-state index is 0.00593. The van der Waals surface area contributed by atoms with Crippen LogP contribution in [-0.2, 0) is 19.1 Å². The van der Waals surface area contributed by atoms with E-state index < -0.39 is 0 Å². The Hall–Kier alpha value is -2.34. The molecule has 0 fully saturated rings. The van der Waals surface area contributed by atoms with Crippen molar-refractivity contribution < 1.29 is 19.1 Å². The van der Waals surface area contributed by atoms with E-state index >= 15 is 0 Å². The molecule has 0 saturated heterocycles. The number of rotatable bonds is 42. The number of unbranched alkanes of at least 4 members (excludes halogenated alkanes) is 24. The van der Waals surface area contributed by atoms with Crippen molar-refractivity contribution in [1.82, 2.24) is 15.1 Å². The number of nitriles is 1. The molecule has 9 heteroatoms. The molecule has 0 spiro atoms. The van der Waals surface area contributed by atoms with Gasteiger partial charge in [-0.1, -0.05) is 162 Å². The van der Waals surface area contributed by atoms with E-state index in [1.807, 2.05) is 25.2 Å². The number of ether oxygens (including phenoxy) is 2. The molecule has 0 bridgehead atoms. The van der Waals surface area contributed by atoms with Gasteiger partial charge in [0.2, 0.25) is 12.2 Å². The topological polar surface area (TPSA) is 107 Å². The van der Waals surface area contributed by atoms with Crippen molar-refractivity contribution in [2.24, 2.45) is 4.99 Å². The maximum absolute atomic E-state index is 12.8. The molecule has 0 heterocycles. The second kappa shape index (κ2) is 43.2. The van der Waals surface area contributed by atoms with Crippen LogP contribution in [0.3, 0.4) is 0 Å². The highest BCUT2D eigenvalue weighted by molar-refractivity contribution is 5.80. The Morgan fingerprint density at radius 2 is 0.982 bits per heavy atom. The Morgan fingerprint density at radius 1 is 0.561 bits per heavy atom. The first kappa shape index (κ1) is 54.7. The van der Waals surface area contributed by atoms with Crippen molar-refractivity contribution >= 4 is 17.9 Å². The third-order valence-electron chi connectivity index (χ3n) is 11.1. The Bertz CT molecular complexity index is 953. The molecule has 0 rings (SSSR count). The molecular weight excluding hydrogens is 711 g/mol. The van der Waals surface area contributed by atoms with Gasteiger partial charge in [0, 0.05) is 40.0 Å². The summed E-state index contributed by atoms with van der Waals surface area (Å²) in [7, 11) is 3.78. The number of carbonyl (C=O) groups is 2. The van der Waals surface area contributed by atoms with Crippen molar-refractivity contribution in [3.05, 3.63) is 0 Å². The summed E-state index contributed by atoms with van der Waals surface area (Å²) in [5.74, 6) is 0.558. The predicted octanol–water partition coefficient (Wildman–Crippen LogP) is 12.7. The molecule has 0 aromatic heterocycles. The lowest BCUT2D eigenvalue weighted by Gasteiger charge is -2.24. The second-order valence-electron chi connectivity index (χ2n) is 16.8. The summed E-state index contributed by atoms with van der Waals surface area (Å²) < 4.78 is 11.5. The molecule has 0 aromatic carbocycles. The molecule has 0 aliphatic carbocycles. The molecule has 0 amide bonds. The van der Waals surface area contributed by atoms with Crippen molar-refractivity contribution in [1.29, 1.82) is 5.26 Å². The third-order valence-corrected chi connectivity index (χ3v) is 11.1. The van der Waals surface area contributed by atoms with Crippen LogP contribution in [0.4, 0.5) is 0 Å². The van der Waals surface area contributed by atoms with Gasteiger partial charge in [0.15, 0.2) is 0 Å². The van der Waals surface area contributed by atoms with Crippen LogP contribution in [0.25, 0.3) is 0 Å². The molecule has 0 aliphatic rings. The fourth-order valence-corrected chi connectivity index (χ4v) is 7.41. The Balaban J connectivity index is 4.46. The van der Waals surface area contributed by atoms with E-state index in [4.69, 9.17) is 14.7 Å². The van der Waals surface area contributed by atoms with E-state index in [9.17, 15) is 9.59 Å². The van der Waals surface area contributed by atoms with E-state index in [-0.39, 0.29) is 18.0 Å². The second-order valence-corrected chi connectivity index (χ2v) is 16.8. The molecule has 0 aliphatic heterocycles. The summed E-state index contributed by atoms with van der Waals surface area (Å²) in [5, 5.41) is 12.4. The molecule has 0 radical (unpaired) electrons. The van der Waals surface area contributed by atoms with Crippen molar-refractivity contribution in [2.75, 3.05) is 46.9 Å². The van der Waals surface area contributed by atoms with Gasteiger partial charge in [0.1, 0.15) is 6.10 Å². The zero-order chi connectivity index (χ0) is 41.9. The maximum atomic E-state index is 12.8. The van der Waals surface area contributed by atoms with E-state index in [2.05, 4.69) is 36.0 Å². The van der Waals surface area contributed by atoms with E-state index in [1.54, 1.807) is 0 Å². The zero-order valence-corrected chi connectivity index (χ0v) is 38.4. The van der Waals surface area contributed by atoms with Gasteiger partial charge in [0.05, 0.1) is 6.61 Å². The van der Waals surface area contributed by atoms with Crippen LogP contribution in [-0.4, -0.2) is 80.7 Å². The van der Waals surface area contributed by atoms with Crippen LogP contribution in [0.2, 0.25) is 0 Å². The first-order chi connectivity index (χ1) is 27.9. The number of esters is 2. The summed E-state index contributed by atoms with van der Waals surface area (Å²) in [5.41, 5.74) is 0. The normalized spacial score (nSPS) is 11.6. The van der Waals surface area contributed by atoms with Crippen LogP contribution in [0, 0.1) is 11.5 Å². The lowest BCUT2D eigenvalue weighted by Crippen LogP contribution is -2.41. The summed E-state index contributed by atoms with van der Waals surface area (Å²) >= 11 is 0. The predicted molar refractivity (Wildman–Crippen MR) is 241 cm³/mol.